The zero-order chi connectivity index (χ0) is 17.5. The first-order chi connectivity index (χ1) is 10.7. The van der Waals surface area contributed by atoms with Crippen molar-refractivity contribution >= 4 is 13.0 Å². The van der Waals surface area contributed by atoms with Crippen molar-refractivity contribution in [1.82, 2.24) is 5.23 Å². The Bertz CT molecular complexity index is 484. The number of carbonyl (C=O) groups is 1. The van der Waals surface area contributed by atoms with Gasteiger partial charge in [0.15, 0.2) is 0 Å². The Labute approximate surface area is 137 Å². The third-order valence-corrected chi connectivity index (χ3v) is 2.86. The van der Waals surface area contributed by atoms with Gasteiger partial charge in [-0.1, -0.05) is 12.1 Å². The molecule has 0 aliphatic heterocycles. The van der Waals surface area contributed by atoms with Crippen LogP contribution in [0.3, 0.4) is 0 Å². The summed E-state index contributed by atoms with van der Waals surface area (Å²) in [5.74, 6) is 0.249. The van der Waals surface area contributed by atoms with E-state index in [4.69, 9.17) is 14.6 Å². The van der Waals surface area contributed by atoms with Crippen molar-refractivity contribution in [2.45, 2.75) is 45.7 Å². The maximum atomic E-state index is 12.3. The van der Waals surface area contributed by atoms with Crippen molar-refractivity contribution in [3.63, 3.8) is 0 Å². The molecule has 0 heterocycles. The van der Waals surface area contributed by atoms with E-state index >= 15 is 0 Å². The molecule has 128 valence electrons. The van der Waals surface area contributed by atoms with Crippen molar-refractivity contribution in [2.24, 2.45) is 0 Å². The average Bonchev–Trinajstić information content (AvgIpc) is 2.43. The molecule has 6 nitrogen and oxygen atoms in total. The summed E-state index contributed by atoms with van der Waals surface area (Å²) in [5, 5.41) is 21.1. The van der Waals surface area contributed by atoms with E-state index in [2.05, 4.69) is 5.23 Å². The van der Waals surface area contributed by atoms with E-state index < -0.39 is 24.7 Å². The number of esters is 1. The molecule has 1 rings (SSSR count). The molecule has 0 amide bonds. The molecule has 0 spiro atoms. The minimum atomic E-state index is -0.820. The Balaban J connectivity index is 2.74. The van der Waals surface area contributed by atoms with Gasteiger partial charge in [0, 0.05) is 0 Å². The molecule has 1 unspecified atom stereocenters. The maximum Gasteiger partial charge on any atom is 0.374 e. The fourth-order valence-corrected chi connectivity index (χ4v) is 2.00. The van der Waals surface area contributed by atoms with Gasteiger partial charge in [0.25, 0.3) is 0 Å². The lowest BCUT2D eigenvalue weighted by Gasteiger charge is -2.25. The van der Waals surface area contributed by atoms with Gasteiger partial charge >= 0.3 is 13.0 Å². The molecule has 0 aliphatic carbocycles. The maximum absolute atomic E-state index is 12.3. The van der Waals surface area contributed by atoms with Crippen molar-refractivity contribution in [3.8, 4) is 5.75 Å². The van der Waals surface area contributed by atoms with Gasteiger partial charge in [0.2, 0.25) is 0 Å². The Morgan fingerprint density at radius 1 is 1.30 bits per heavy atom. The van der Waals surface area contributed by atoms with Gasteiger partial charge in [-0.3, -0.25) is 4.79 Å². The number of nitrogens with one attached hydrogen (secondary N) is 1. The Morgan fingerprint density at radius 3 is 2.39 bits per heavy atom. The minimum Gasteiger partial charge on any atom is -0.491 e. The average molecular weight is 323 g/mol. The second-order valence-corrected chi connectivity index (χ2v) is 6.35. The van der Waals surface area contributed by atoms with Crippen LogP contribution in [0.4, 0.5) is 0 Å². The standard InChI is InChI=1S/C16H26BNO5/c1-16(2,3)23-15(20)14(18-17(4)21)11-12-5-7-13(8-6-12)22-10-9-19/h5-8,14,18-19,21H,9-11H2,1-4H3. The van der Waals surface area contributed by atoms with E-state index in [1.165, 1.54) is 0 Å². The second-order valence-electron chi connectivity index (χ2n) is 6.35. The molecule has 0 aliphatic rings. The number of ether oxygens (including phenoxy) is 2. The quantitative estimate of drug-likeness (QED) is 0.489. The Kier molecular flexibility index (Phi) is 7.55. The van der Waals surface area contributed by atoms with E-state index in [0.717, 1.165) is 5.56 Å². The number of carbonyl (C=O) groups excluding carboxylic acids is 1. The van der Waals surface area contributed by atoms with Crippen molar-refractivity contribution in [3.05, 3.63) is 29.8 Å². The number of hydrogen-bond donors (Lipinski definition) is 3. The van der Waals surface area contributed by atoms with Crippen molar-refractivity contribution in [1.29, 1.82) is 0 Å². The Hall–Kier alpha value is -1.57. The van der Waals surface area contributed by atoms with Crippen LogP contribution in [-0.2, 0) is 16.0 Å². The fraction of sp³-hybridized carbons (Fsp3) is 0.562. The van der Waals surface area contributed by atoms with Gasteiger partial charge in [0.05, 0.1) is 6.61 Å². The molecule has 1 aromatic rings. The van der Waals surface area contributed by atoms with Crippen LogP contribution in [0.15, 0.2) is 24.3 Å². The first kappa shape index (κ1) is 19.5. The second kappa shape index (κ2) is 8.91. The highest BCUT2D eigenvalue weighted by atomic mass is 16.6. The summed E-state index contributed by atoms with van der Waals surface area (Å²) in [6.45, 7) is 7.17. The highest BCUT2D eigenvalue weighted by molar-refractivity contribution is 6.46. The summed E-state index contributed by atoms with van der Waals surface area (Å²) in [6.07, 6.45) is 0.389. The van der Waals surface area contributed by atoms with E-state index in [1.807, 2.05) is 12.1 Å². The van der Waals surface area contributed by atoms with Crippen LogP contribution in [0.25, 0.3) is 0 Å². The van der Waals surface area contributed by atoms with Crippen LogP contribution in [0.1, 0.15) is 26.3 Å². The minimum absolute atomic E-state index is 0.0409. The van der Waals surface area contributed by atoms with E-state index in [-0.39, 0.29) is 13.2 Å². The molecule has 0 aromatic heterocycles. The lowest BCUT2D eigenvalue weighted by molar-refractivity contribution is -0.157. The van der Waals surface area contributed by atoms with Gasteiger partial charge in [0.1, 0.15) is 24.0 Å². The van der Waals surface area contributed by atoms with E-state index in [0.29, 0.717) is 12.2 Å². The highest BCUT2D eigenvalue weighted by Gasteiger charge is 2.27. The number of aliphatic hydroxyl groups excluding tert-OH is 1. The van der Waals surface area contributed by atoms with Gasteiger partial charge in [-0.05, 0) is 51.7 Å². The predicted molar refractivity (Wildman–Crippen MR) is 89.3 cm³/mol. The van der Waals surface area contributed by atoms with Crippen LogP contribution in [0.2, 0.25) is 6.82 Å². The van der Waals surface area contributed by atoms with Crippen LogP contribution < -0.4 is 9.96 Å². The van der Waals surface area contributed by atoms with Crippen LogP contribution in [-0.4, -0.2) is 48.0 Å². The molecule has 7 heteroatoms. The summed E-state index contributed by atoms with van der Waals surface area (Å²) < 4.78 is 10.7. The van der Waals surface area contributed by atoms with Crippen LogP contribution >= 0.6 is 0 Å². The lowest BCUT2D eigenvalue weighted by atomic mass is 9.86. The molecule has 0 bridgehead atoms. The highest BCUT2D eigenvalue weighted by Crippen LogP contribution is 2.15. The zero-order valence-electron chi connectivity index (χ0n) is 14.2. The number of rotatable bonds is 8. The monoisotopic (exact) mass is 323 g/mol. The molecular weight excluding hydrogens is 297 g/mol. The Morgan fingerprint density at radius 2 is 1.91 bits per heavy atom. The molecule has 1 aromatic carbocycles. The summed E-state index contributed by atoms with van der Waals surface area (Å²) in [7, 11) is -0.820. The van der Waals surface area contributed by atoms with Crippen molar-refractivity contribution in [2.75, 3.05) is 13.2 Å². The molecule has 0 radical (unpaired) electrons. The first-order valence-electron chi connectivity index (χ1n) is 7.71. The fourth-order valence-electron chi connectivity index (χ4n) is 2.00. The number of benzene rings is 1. The van der Waals surface area contributed by atoms with Crippen LogP contribution in [0, 0.1) is 0 Å². The smallest absolute Gasteiger partial charge is 0.374 e. The largest absolute Gasteiger partial charge is 0.491 e. The zero-order valence-corrected chi connectivity index (χ0v) is 14.2. The number of aliphatic hydroxyl groups is 1. The lowest BCUT2D eigenvalue weighted by Crippen LogP contribution is -2.48. The summed E-state index contributed by atoms with van der Waals surface area (Å²) in [4.78, 5) is 12.3. The van der Waals surface area contributed by atoms with Gasteiger partial charge in [-0.15, -0.1) is 0 Å². The van der Waals surface area contributed by atoms with E-state index in [1.54, 1.807) is 39.7 Å². The molecular formula is C16H26BNO5. The third-order valence-electron chi connectivity index (χ3n) is 2.86. The topological polar surface area (TPSA) is 88.0 Å². The summed E-state index contributed by atoms with van der Waals surface area (Å²) >= 11 is 0. The molecule has 0 fully saturated rings. The molecule has 0 saturated heterocycles. The molecule has 23 heavy (non-hydrogen) atoms. The molecule has 1 atom stereocenters. The third kappa shape index (κ3) is 8.02. The summed E-state index contributed by atoms with van der Waals surface area (Å²) in [6, 6.07) is 6.60. The predicted octanol–water partition coefficient (Wildman–Crippen LogP) is 1.01. The molecule has 3 N–H and O–H groups in total. The molecule has 0 saturated carbocycles. The van der Waals surface area contributed by atoms with E-state index in [9.17, 15) is 9.82 Å². The van der Waals surface area contributed by atoms with Crippen molar-refractivity contribution < 1.29 is 24.4 Å². The van der Waals surface area contributed by atoms with Crippen LogP contribution in [0.5, 0.6) is 5.75 Å². The first-order valence-corrected chi connectivity index (χ1v) is 7.71. The van der Waals surface area contributed by atoms with Gasteiger partial charge in [-0.2, -0.15) is 0 Å². The SMILES string of the molecule is CB(O)NC(Cc1ccc(OCCO)cc1)C(=O)OC(C)(C)C. The van der Waals surface area contributed by atoms with Gasteiger partial charge < -0.3 is 24.8 Å². The summed E-state index contributed by atoms with van der Waals surface area (Å²) in [5.41, 5.74) is 0.322. The number of hydrogen-bond acceptors (Lipinski definition) is 6. The van der Waals surface area contributed by atoms with Gasteiger partial charge in [-0.25, -0.2) is 0 Å². The normalized spacial score (nSPS) is 12.6.